The molecule has 9 heteroatoms. The number of ether oxygens (including phenoxy) is 1. The average molecular weight is 518 g/mol. The van der Waals surface area contributed by atoms with Crippen LogP contribution in [0.1, 0.15) is 44.2 Å². The molecule has 2 aromatic heterocycles. The minimum atomic E-state index is -3.84. The number of amides is 1. The molecule has 32 heavy (non-hydrogen) atoms. The highest BCUT2D eigenvalue weighted by molar-refractivity contribution is 9.10. The van der Waals surface area contributed by atoms with Crippen LogP contribution in [0.3, 0.4) is 0 Å². The van der Waals surface area contributed by atoms with Crippen LogP contribution in [0.2, 0.25) is 0 Å². The number of pyridine rings is 1. The molecule has 1 amide bonds. The molecule has 3 aromatic rings. The number of nitrogens with one attached hydrogen (secondary N) is 1. The summed E-state index contributed by atoms with van der Waals surface area (Å²) in [5, 5.41) is 2.77. The quantitative estimate of drug-likeness (QED) is 0.519. The van der Waals surface area contributed by atoms with E-state index in [9.17, 15) is 13.2 Å². The Morgan fingerprint density at radius 1 is 1.19 bits per heavy atom. The highest BCUT2D eigenvalue weighted by Crippen LogP contribution is 2.39. The number of rotatable bonds is 5. The van der Waals surface area contributed by atoms with Gasteiger partial charge < -0.3 is 10.1 Å². The highest BCUT2D eigenvalue weighted by atomic mass is 79.9. The van der Waals surface area contributed by atoms with E-state index in [1.54, 1.807) is 12.4 Å². The van der Waals surface area contributed by atoms with E-state index in [-0.39, 0.29) is 23.0 Å². The summed E-state index contributed by atoms with van der Waals surface area (Å²) < 4.78 is 34.0. The second-order valence-electron chi connectivity index (χ2n) is 8.78. The molecule has 1 atom stereocenters. The van der Waals surface area contributed by atoms with Gasteiger partial charge in [-0.2, -0.15) is 0 Å². The van der Waals surface area contributed by atoms with Crippen LogP contribution >= 0.6 is 15.9 Å². The predicted molar refractivity (Wildman–Crippen MR) is 125 cm³/mol. The van der Waals surface area contributed by atoms with Gasteiger partial charge in [-0.15, -0.1) is 0 Å². The van der Waals surface area contributed by atoms with Crippen molar-refractivity contribution in [3.8, 4) is 11.3 Å². The molecule has 1 unspecified atom stereocenters. The topological polar surface area (TPSA) is 90.3 Å². The maximum Gasteiger partial charge on any atom is 0.407 e. The zero-order chi connectivity index (χ0) is 23.1. The standard InChI is InChI=1S/C23H24BrN3O4S/c1-23(2,3)26-22(28)31-8-7-20-15-5-4-6-16(9-15)21-10-17(20)14-27(21)32(29,30)19-11-18(24)12-25-13-19/h4-6,9-14,20H,7-8H2,1-3H3,(H,26,28). The first-order chi connectivity index (χ1) is 15.0. The molecule has 4 rings (SSSR count). The van der Waals surface area contributed by atoms with Crippen LogP contribution in [-0.2, 0) is 14.8 Å². The number of hydrogen-bond donors (Lipinski definition) is 1. The number of benzene rings is 1. The summed E-state index contributed by atoms with van der Waals surface area (Å²) in [6.45, 7) is 5.86. The van der Waals surface area contributed by atoms with Gasteiger partial charge in [0.2, 0.25) is 0 Å². The van der Waals surface area contributed by atoms with Crippen LogP contribution in [0.4, 0.5) is 4.79 Å². The number of fused-ring (bicyclic) bond motifs is 5. The Morgan fingerprint density at radius 3 is 2.69 bits per heavy atom. The predicted octanol–water partition coefficient (Wildman–Crippen LogP) is 4.91. The van der Waals surface area contributed by atoms with Crippen molar-refractivity contribution in [2.75, 3.05) is 6.61 Å². The van der Waals surface area contributed by atoms with Gasteiger partial charge in [0.25, 0.3) is 10.0 Å². The minimum absolute atomic E-state index is 0.101. The fourth-order valence-corrected chi connectivity index (χ4v) is 5.65. The number of carbonyl (C=O) groups excluding carboxylic acids is 1. The van der Waals surface area contributed by atoms with E-state index < -0.39 is 16.1 Å². The first-order valence-electron chi connectivity index (χ1n) is 10.2. The van der Waals surface area contributed by atoms with Crippen molar-refractivity contribution in [3.05, 3.63) is 70.6 Å². The van der Waals surface area contributed by atoms with Gasteiger partial charge in [0.1, 0.15) is 4.90 Å². The number of aromatic nitrogens is 2. The van der Waals surface area contributed by atoms with Crippen LogP contribution in [0.15, 0.2) is 64.4 Å². The lowest BCUT2D eigenvalue weighted by Gasteiger charge is -2.21. The average Bonchev–Trinajstić information content (AvgIpc) is 3.12. The van der Waals surface area contributed by atoms with Crippen LogP contribution in [-0.4, -0.2) is 35.6 Å². The lowest BCUT2D eigenvalue weighted by molar-refractivity contribution is 0.135. The second-order valence-corrected chi connectivity index (χ2v) is 11.5. The summed E-state index contributed by atoms with van der Waals surface area (Å²) in [7, 11) is -3.84. The number of nitrogens with zero attached hydrogens (tertiary/aromatic N) is 2. The fourth-order valence-electron chi connectivity index (χ4n) is 3.76. The van der Waals surface area contributed by atoms with E-state index in [0.717, 1.165) is 16.7 Å². The molecule has 0 radical (unpaired) electrons. The Balaban J connectivity index is 1.64. The molecular formula is C23H24BrN3O4S. The molecule has 1 aromatic carbocycles. The van der Waals surface area contributed by atoms with Gasteiger partial charge in [0.15, 0.2) is 0 Å². The lowest BCUT2D eigenvalue weighted by atomic mass is 9.91. The maximum absolute atomic E-state index is 13.4. The molecule has 0 spiro atoms. The first-order valence-corrected chi connectivity index (χ1v) is 12.4. The first kappa shape index (κ1) is 22.5. The SMILES string of the molecule is CC(C)(C)NC(=O)OCCC1c2cccc(c2)-c2cc1cn2S(=O)(=O)c1cncc(Br)c1. The highest BCUT2D eigenvalue weighted by Gasteiger charge is 2.28. The molecule has 2 heterocycles. The fraction of sp³-hybridized carbons (Fsp3) is 0.304. The zero-order valence-corrected chi connectivity index (χ0v) is 20.4. The molecule has 7 nitrogen and oxygen atoms in total. The number of carbonyl (C=O) groups is 1. The normalized spacial score (nSPS) is 15.2. The molecule has 0 saturated heterocycles. The van der Waals surface area contributed by atoms with Crippen LogP contribution in [0, 0.1) is 0 Å². The van der Waals surface area contributed by atoms with Gasteiger partial charge >= 0.3 is 6.09 Å². The third kappa shape index (κ3) is 4.59. The van der Waals surface area contributed by atoms with Crippen molar-refractivity contribution in [3.63, 3.8) is 0 Å². The van der Waals surface area contributed by atoms with E-state index in [0.29, 0.717) is 16.6 Å². The smallest absolute Gasteiger partial charge is 0.407 e. The molecule has 4 bridgehead atoms. The Kier molecular flexibility index (Phi) is 5.89. The van der Waals surface area contributed by atoms with Crippen molar-refractivity contribution in [1.29, 1.82) is 0 Å². The summed E-state index contributed by atoms with van der Waals surface area (Å²) in [6.07, 6.45) is 4.60. The van der Waals surface area contributed by atoms with Gasteiger partial charge in [0.05, 0.1) is 12.3 Å². The van der Waals surface area contributed by atoms with Gasteiger partial charge in [0, 0.05) is 34.5 Å². The maximum atomic E-state index is 13.4. The molecule has 0 fully saturated rings. The summed E-state index contributed by atoms with van der Waals surface area (Å²) in [6, 6.07) is 11.2. The van der Waals surface area contributed by atoms with Crippen molar-refractivity contribution in [2.24, 2.45) is 0 Å². The third-order valence-corrected chi connectivity index (χ3v) is 7.22. The summed E-state index contributed by atoms with van der Waals surface area (Å²) in [4.78, 5) is 16.1. The monoisotopic (exact) mass is 517 g/mol. The van der Waals surface area contributed by atoms with Gasteiger partial charge in [-0.05, 0) is 78.0 Å². The molecule has 1 N–H and O–H groups in total. The molecule has 0 saturated carbocycles. The Bertz CT molecular complexity index is 1280. The van der Waals surface area contributed by atoms with Crippen LogP contribution in [0.5, 0.6) is 0 Å². The number of hydrogen-bond acceptors (Lipinski definition) is 5. The molecule has 168 valence electrons. The number of halogens is 1. The van der Waals surface area contributed by atoms with Gasteiger partial charge in [-0.1, -0.05) is 18.2 Å². The van der Waals surface area contributed by atoms with Gasteiger partial charge in [-0.25, -0.2) is 17.2 Å². The van der Waals surface area contributed by atoms with Gasteiger partial charge in [-0.3, -0.25) is 4.98 Å². The third-order valence-electron chi connectivity index (χ3n) is 5.15. The van der Waals surface area contributed by atoms with Crippen LogP contribution < -0.4 is 5.32 Å². The van der Waals surface area contributed by atoms with Crippen molar-refractivity contribution in [1.82, 2.24) is 14.3 Å². The molecule has 0 aliphatic heterocycles. The Morgan fingerprint density at radius 2 is 1.97 bits per heavy atom. The summed E-state index contributed by atoms with van der Waals surface area (Å²) >= 11 is 3.29. The van der Waals surface area contributed by atoms with E-state index in [1.165, 1.54) is 16.2 Å². The summed E-state index contributed by atoms with van der Waals surface area (Å²) in [5.74, 6) is -0.101. The number of alkyl carbamates (subject to hydrolysis) is 1. The van der Waals surface area contributed by atoms with Crippen molar-refractivity contribution < 1.29 is 17.9 Å². The van der Waals surface area contributed by atoms with Crippen molar-refractivity contribution >= 4 is 32.0 Å². The largest absolute Gasteiger partial charge is 0.450 e. The molecular weight excluding hydrogens is 494 g/mol. The Hall–Kier alpha value is -2.65. The second kappa shape index (κ2) is 8.37. The summed E-state index contributed by atoms with van der Waals surface area (Å²) in [5.41, 5.74) is 2.94. The molecule has 1 aliphatic carbocycles. The lowest BCUT2D eigenvalue weighted by Crippen LogP contribution is -2.41. The molecule has 1 aliphatic rings. The van der Waals surface area contributed by atoms with Crippen LogP contribution in [0.25, 0.3) is 11.3 Å². The minimum Gasteiger partial charge on any atom is -0.450 e. The van der Waals surface area contributed by atoms with E-state index in [1.807, 2.05) is 51.1 Å². The van der Waals surface area contributed by atoms with Crippen molar-refractivity contribution in [2.45, 2.75) is 43.5 Å². The Labute approximate surface area is 196 Å². The van der Waals surface area contributed by atoms with E-state index in [4.69, 9.17) is 4.74 Å². The zero-order valence-electron chi connectivity index (χ0n) is 18.0. The van der Waals surface area contributed by atoms with E-state index in [2.05, 4.69) is 26.2 Å². The van der Waals surface area contributed by atoms with E-state index >= 15 is 0 Å².